The molecule has 0 aliphatic carbocycles. The number of nitro groups is 1. The number of methoxy groups -OCH3 is 1. The molecule has 166 valence electrons. The molecule has 1 amide bonds. The van der Waals surface area contributed by atoms with Crippen LogP contribution in [0, 0.1) is 17.0 Å². The second-order valence-corrected chi connectivity index (χ2v) is 7.46. The van der Waals surface area contributed by atoms with Gasteiger partial charge in [0.15, 0.2) is 10.7 Å². The molecule has 0 saturated heterocycles. The predicted molar refractivity (Wildman–Crippen MR) is 128 cm³/mol. The summed E-state index contributed by atoms with van der Waals surface area (Å²) in [6, 6.07) is 16.8. The zero-order valence-corrected chi connectivity index (χ0v) is 18.4. The minimum atomic E-state index is -0.544. The topological polar surface area (TPSA) is 120 Å². The van der Waals surface area contributed by atoms with Gasteiger partial charge in [0.25, 0.3) is 11.6 Å². The van der Waals surface area contributed by atoms with E-state index < -0.39 is 10.8 Å². The van der Waals surface area contributed by atoms with Gasteiger partial charge < -0.3 is 14.5 Å². The fourth-order valence-electron chi connectivity index (χ4n) is 3.29. The number of carbonyl (C=O) groups is 1. The van der Waals surface area contributed by atoms with Crippen LogP contribution in [0.5, 0.6) is 5.75 Å². The number of benzene rings is 3. The number of nitro benzene ring substituents is 1. The lowest BCUT2D eigenvalue weighted by Gasteiger charge is -2.11. The van der Waals surface area contributed by atoms with Gasteiger partial charge >= 0.3 is 0 Å². The van der Waals surface area contributed by atoms with Gasteiger partial charge in [-0.1, -0.05) is 12.1 Å². The van der Waals surface area contributed by atoms with E-state index in [9.17, 15) is 14.9 Å². The summed E-state index contributed by atoms with van der Waals surface area (Å²) >= 11 is 5.25. The molecule has 0 atom stereocenters. The number of ether oxygens (including phenoxy) is 1. The Kier molecular flexibility index (Phi) is 6.01. The highest BCUT2D eigenvalue weighted by Gasteiger charge is 2.18. The van der Waals surface area contributed by atoms with Crippen LogP contribution < -0.4 is 15.4 Å². The zero-order chi connectivity index (χ0) is 23.5. The van der Waals surface area contributed by atoms with Crippen LogP contribution in [0.4, 0.5) is 11.4 Å². The van der Waals surface area contributed by atoms with Crippen molar-refractivity contribution in [2.24, 2.45) is 0 Å². The standard InChI is InChI=1S/C23H18N4O5S/c1-13-17(7-4-8-19(13)27(29)30)21(28)26-23(33)24-15-6-3-5-14(11-15)22-25-18-12-16(31-2)9-10-20(18)32-22/h3-12H,1-2H3,(H2,24,26,28,33). The number of rotatable bonds is 5. The number of anilines is 1. The van der Waals surface area contributed by atoms with E-state index >= 15 is 0 Å². The summed E-state index contributed by atoms with van der Waals surface area (Å²) in [5, 5.41) is 16.6. The maximum absolute atomic E-state index is 12.6. The zero-order valence-electron chi connectivity index (χ0n) is 17.6. The van der Waals surface area contributed by atoms with Crippen molar-refractivity contribution in [3.8, 4) is 17.2 Å². The van der Waals surface area contributed by atoms with Crippen molar-refractivity contribution in [2.45, 2.75) is 6.92 Å². The molecule has 0 aliphatic heterocycles. The van der Waals surface area contributed by atoms with E-state index in [0.717, 1.165) is 0 Å². The Bertz CT molecular complexity index is 1400. The lowest BCUT2D eigenvalue weighted by molar-refractivity contribution is -0.385. The van der Waals surface area contributed by atoms with Crippen molar-refractivity contribution in [1.29, 1.82) is 0 Å². The fraction of sp³-hybridized carbons (Fsp3) is 0.0870. The van der Waals surface area contributed by atoms with Crippen LogP contribution >= 0.6 is 12.2 Å². The molecular formula is C23H18N4O5S. The molecule has 0 fully saturated rings. The molecule has 1 heterocycles. The highest BCUT2D eigenvalue weighted by atomic mass is 32.1. The minimum absolute atomic E-state index is 0.0466. The summed E-state index contributed by atoms with van der Waals surface area (Å²) in [6.07, 6.45) is 0. The maximum Gasteiger partial charge on any atom is 0.273 e. The van der Waals surface area contributed by atoms with Crippen LogP contribution in [0.2, 0.25) is 0 Å². The number of carbonyl (C=O) groups excluding carboxylic acids is 1. The molecule has 0 radical (unpaired) electrons. The lowest BCUT2D eigenvalue weighted by atomic mass is 10.1. The van der Waals surface area contributed by atoms with E-state index in [2.05, 4.69) is 15.6 Å². The number of thiocarbonyl (C=S) groups is 1. The summed E-state index contributed by atoms with van der Waals surface area (Å²) in [5.74, 6) is 0.555. The first kappa shape index (κ1) is 21.9. The molecular weight excluding hydrogens is 444 g/mol. The van der Waals surface area contributed by atoms with Gasteiger partial charge in [0.05, 0.1) is 12.0 Å². The Balaban J connectivity index is 1.50. The third-order valence-corrected chi connectivity index (χ3v) is 5.14. The van der Waals surface area contributed by atoms with E-state index in [0.29, 0.717) is 34.0 Å². The molecule has 4 rings (SSSR count). The van der Waals surface area contributed by atoms with E-state index in [4.69, 9.17) is 21.4 Å². The van der Waals surface area contributed by atoms with Gasteiger partial charge in [-0.05, 0) is 55.5 Å². The third-order valence-electron chi connectivity index (χ3n) is 4.94. The first-order valence-corrected chi connectivity index (χ1v) is 10.2. The normalized spacial score (nSPS) is 10.6. The highest BCUT2D eigenvalue weighted by Crippen LogP contribution is 2.28. The Labute approximate surface area is 193 Å². The number of nitrogens with zero attached hydrogens (tertiary/aromatic N) is 2. The SMILES string of the molecule is COc1ccc2oc(-c3cccc(NC(=S)NC(=O)c4cccc([N+](=O)[O-])c4C)c3)nc2c1. The van der Waals surface area contributed by atoms with E-state index in [1.54, 1.807) is 43.5 Å². The lowest BCUT2D eigenvalue weighted by Crippen LogP contribution is -2.34. The molecule has 0 aliphatic rings. The summed E-state index contributed by atoms with van der Waals surface area (Å²) in [7, 11) is 1.58. The largest absolute Gasteiger partial charge is 0.497 e. The quantitative estimate of drug-likeness (QED) is 0.245. The number of hydrogen-bond acceptors (Lipinski definition) is 7. The Morgan fingerprint density at radius 2 is 1.94 bits per heavy atom. The van der Waals surface area contributed by atoms with Gasteiger partial charge in [-0.2, -0.15) is 0 Å². The second kappa shape index (κ2) is 9.05. The molecule has 0 saturated carbocycles. The second-order valence-electron chi connectivity index (χ2n) is 7.05. The summed E-state index contributed by atoms with van der Waals surface area (Å²) < 4.78 is 11.0. The predicted octanol–water partition coefficient (Wildman–Crippen LogP) is 4.85. The van der Waals surface area contributed by atoms with Crippen LogP contribution in [0.25, 0.3) is 22.6 Å². The Morgan fingerprint density at radius 3 is 2.70 bits per heavy atom. The van der Waals surface area contributed by atoms with Crippen LogP contribution in [0.1, 0.15) is 15.9 Å². The van der Waals surface area contributed by atoms with Gasteiger partial charge in [0.1, 0.15) is 11.3 Å². The molecule has 33 heavy (non-hydrogen) atoms. The number of nitrogens with one attached hydrogen (secondary N) is 2. The molecule has 9 nitrogen and oxygen atoms in total. The highest BCUT2D eigenvalue weighted by molar-refractivity contribution is 7.80. The van der Waals surface area contributed by atoms with Gasteiger partial charge in [-0.3, -0.25) is 20.2 Å². The molecule has 0 spiro atoms. The first-order valence-electron chi connectivity index (χ1n) is 9.77. The third kappa shape index (κ3) is 4.65. The Morgan fingerprint density at radius 1 is 1.15 bits per heavy atom. The van der Waals surface area contributed by atoms with Crippen LogP contribution in [-0.2, 0) is 0 Å². The maximum atomic E-state index is 12.6. The number of oxazole rings is 1. The van der Waals surface area contributed by atoms with Crippen LogP contribution in [0.15, 0.2) is 65.1 Å². The molecule has 2 N–H and O–H groups in total. The average Bonchev–Trinajstić information content (AvgIpc) is 3.22. The Hall–Kier alpha value is -4.31. The molecule has 3 aromatic carbocycles. The summed E-state index contributed by atoms with van der Waals surface area (Å²) in [6.45, 7) is 1.52. The van der Waals surface area contributed by atoms with E-state index in [1.165, 1.54) is 25.1 Å². The van der Waals surface area contributed by atoms with Crippen molar-refractivity contribution in [3.63, 3.8) is 0 Å². The van der Waals surface area contributed by atoms with Crippen LogP contribution in [0.3, 0.4) is 0 Å². The number of aromatic nitrogens is 1. The van der Waals surface area contributed by atoms with Crippen LogP contribution in [-0.4, -0.2) is 28.0 Å². The molecule has 0 unspecified atom stereocenters. The molecule has 1 aromatic heterocycles. The van der Waals surface area contributed by atoms with Gasteiger partial charge in [-0.15, -0.1) is 0 Å². The average molecular weight is 462 g/mol. The monoisotopic (exact) mass is 462 g/mol. The molecule has 10 heteroatoms. The number of fused-ring (bicyclic) bond motifs is 1. The molecule has 4 aromatic rings. The van der Waals surface area contributed by atoms with Crippen molar-refractivity contribution in [2.75, 3.05) is 12.4 Å². The van der Waals surface area contributed by atoms with Crippen molar-refractivity contribution >= 4 is 45.7 Å². The van der Waals surface area contributed by atoms with E-state index in [1.807, 2.05) is 6.07 Å². The van der Waals surface area contributed by atoms with Crippen molar-refractivity contribution in [3.05, 3.63) is 81.9 Å². The number of hydrogen-bond donors (Lipinski definition) is 2. The van der Waals surface area contributed by atoms with Gasteiger partial charge in [-0.25, -0.2) is 4.98 Å². The number of amides is 1. The first-order chi connectivity index (χ1) is 15.9. The summed E-state index contributed by atoms with van der Waals surface area (Å²) in [5.41, 5.74) is 2.90. The summed E-state index contributed by atoms with van der Waals surface area (Å²) in [4.78, 5) is 27.7. The minimum Gasteiger partial charge on any atom is -0.497 e. The van der Waals surface area contributed by atoms with E-state index in [-0.39, 0.29) is 21.9 Å². The van der Waals surface area contributed by atoms with Gasteiger partial charge in [0.2, 0.25) is 5.89 Å². The molecule has 0 bridgehead atoms. The van der Waals surface area contributed by atoms with Crippen molar-refractivity contribution in [1.82, 2.24) is 10.3 Å². The van der Waals surface area contributed by atoms with Gasteiger partial charge in [0, 0.05) is 34.5 Å². The van der Waals surface area contributed by atoms with Crippen molar-refractivity contribution < 1.29 is 18.9 Å². The smallest absolute Gasteiger partial charge is 0.273 e. The fourth-order valence-corrected chi connectivity index (χ4v) is 3.50.